The molecule has 72 valence electrons. The largest absolute Gasteiger partial charge is 2.00 e. The Labute approximate surface area is 100 Å². The van der Waals surface area contributed by atoms with Crippen molar-refractivity contribution in [1.82, 2.24) is 0 Å². The molecule has 0 aromatic carbocycles. The van der Waals surface area contributed by atoms with Crippen molar-refractivity contribution in [3.63, 3.8) is 0 Å². The maximum Gasteiger partial charge on any atom is 2.00 e. The van der Waals surface area contributed by atoms with Crippen LogP contribution in [-0.4, -0.2) is 36.3 Å². The predicted molar refractivity (Wildman–Crippen MR) is 52.8 cm³/mol. The second-order valence-corrected chi connectivity index (χ2v) is 2.34. The number of ether oxygens (including phenoxy) is 1. The van der Waals surface area contributed by atoms with Gasteiger partial charge in [0.25, 0.3) is 0 Å². The molecular weight excluding hydrogens is 184 g/mol. The van der Waals surface area contributed by atoms with Crippen molar-refractivity contribution >= 4 is 23.1 Å². The van der Waals surface area contributed by atoms with Crippen LogP contribution in [0, 0.1) is 5.92 Å². The van der Waals surface area contributed by atoms with Gasteiger partial charge in [0.2, 0.25) is 0 Å². The Morgan fingerprint density at radius 2 is 1.25 bits per heavy atom. The number of halogens is 1. The van der Waals surface area contributed by atoms with E-state index in [0.717, 1.165) is 13.2 Å². The summed E-state index contributed by atoms with van der Waals surface area (Å²) in [5, 5.41) is 0. The molecule has 0 N–H and O–H groups in total. The molecule has 3 heteroatoms. The molecular formula is C9H21ClMgO. The van der Waals surface area contributed by atoms with E-state index >= 15 is 0 Å². The van der Waals surface area contributed by atoms with Crippen LogP contribution in [0.15, 0.2) is 0 Å². The molecule has 0 saturated heterocycles. The van der Waals surface area contributed by atoms with Gasteiger partial charge in [-0.05, 0) is 13.8 Å². The summed E-state index contributed by atoms with van der Waals surface area (Å²) in [7, 11) is 0. The third-order valence-electron chi connectivity index (χ3n) is 1.12. The second-order valence-electron chi connectivity index (χ2n) is 2.34. The minimum absolute atomic E-state index is 0. The molecule has 0 aliphatic heterocycles. The molecule has 0 aromatic rings. The maximum absolute atomic E-state index is 4.83. The van der Waals surface area contributed by atoms with Gasteiger partial charge in [-0.2, -0.15) is 20.3 Å². The quantitative estimate of drug-likeness (QED) is 0.453. The normalized spacial score (nSPS) is 7.50. The number of rotatable bonds is 3. The molecule has 0 radical (unpaired) electrons. The molecule has 0 heterocycles. The fraction of sp³-hybridized carbons (Fsp3) is 0.889. The van der Waals surface area contributed by atoms with Crippen molar-refractivity contribution < 1.29 is 17.1 Å². The van der Waals surface area contributed by atoms with Crippen LogP contribution in [0.25, 0.3) is 0 Å². The fourth-order valence-corrected chi connectivity index (χ4v) is 0.204. The minimum atomic E-state index is 0. The summed E-state index contributed by atoms with van der Waals surface area (Å²) < 4.78 is 4.83. The Bertz CT molecular complexity index is 49.8. The van der Waals surface area contributed by atoms with Crippen molar-refractivity contribution in [3.05, 3.63) is 5.92 Å². The van der Waals surface area contributed by atoms with Crippen molar-refractivity contribution in [2.24, 2.45) is 0 Å². The second kappa shape index (κ2) is 22.7. The van der Waals surface area contributed by atoms with Gasteiger partial charge >= 0.3 is 23.1 Å². The van der Waals surface area contributed by atoms with Gasteiger partial charge < -0.3 is 23.1 Å². The van der Waals surface area contributed by atoms with Crippen molar-refractivity contribution in [1.29, 1.82) is 0 Å². The van der Waals surface area contributed by atoms with Gasteiger partial charge in [-0.25, -0.2) is 0 Å². The van der Waals surface area contributed by atoms with Gasteiger partial charge in [-0.3, -0.25) is 0 Å². The zero-order valence-electron chi connectivity index (χ0n) is 9.11. The molecule has 0 atom stereocenters. The monoisotopic (exact) mass is 204 g/mol. The first-order valence-corrected chi connectivity index (χ1v) is 4.05. The average molecular weight is 205 g/mol. The first-order chi connectivity index (χ1) is 4.68. The van der Waals surface area contributed by atoms with Crippen LogP contribution in [0.4, 0.5) is 0 Å². The molecule has 0 aliphatic carbocycles. The van der Waals surface area contributed by atoms with Crippen molar-refractivity contribution in [2.45, 2.75) is 41.0 Å². The Balaban J connectivity index is -0.0000000457. The summed E-state index contributed by atoms with van der Waals surface area (Å²) in [5.74, 6) is 1.50. The SMILES string of the molecule is CCOCC.CC[C-](C)C.[Cl-].[Mg+2]. The average Bonchev–Trinajstić information content (AvgIpc) is 1.91. The molecule has 0 spiro atoms. The predicted octanol–water partition coefficient (Wildman–Crippen LogP) is -0.323. The molecule has 0 unspecified atom stereocenters. The van der Waals surface area contributed by atoms with Gasteiger partial charge in [0.1, 0.15) is 0 Å². The van der Waals surface area contributed by atoms with Crippen LogP contribution in [0.2, 0.25) is 0 Å². The Morgan fingerprint density at radius 3 is 1.25 bits per heavy atom. The molecule has 0 bridgehead atoms. The molecule has 12 heavy (non-hydrogen) atoms. The third kappa shape index (κ3) is 43.9. The summed E-state index contributed by atoms with van der Waals surface area (Å²) in [5.41, 5.74) is 0. The Hall–Kier alpha value is 1.02. The van der Waals surface area contributed by atoms with Gasteiger partial charge in [0, 0.05) is 13.2 Å². The van der Waals surface area contributed by atoms with Crippen LogP contribution < -0.4 is 12.4 Å². The molecule has 0 fully saturated rings. The van der Waals surface area contributed by atoms with E-state index in [1.807, 2.05) is 13.8 Å². The van der Waals surface area contributed by atoms with E-state index in [4.69, 9.17) is 4.74 Å². The van der Waals surface area contributed by atoms with E-state index in [2.05, 4.69) is 20.8 Å². The zero-order valence-corrected chi connectivity index (χ0v) is 11.3. The first kappa shape index (κ1) is 23.1. The van der Waals surface area contributed by atoms with Gasteiger partial charge in [-0.15, -0.1) is 0 Å². The van der Waals surface area contributed by atoms with Gasteiger partial charge in [-0.1, -0.05) is 6.92 Å². The van der Waals surface area contributed by atoms with Crippen LogP contribution in [0.5, 0.6) is 0 Å². The molecule has 1 nitrogen and oxygen atoms in total. The van der Waals surface area contributed by atoms with E-state index in [-0.39, 0.29) is 35.5 Å². The van der Waals surface area contributed by atoms with Crippen LogP contribution in [0.3, 0.4) is 0 Å². The molecule has 0 amide bonds. The zero-order chi connectivity index (χ0) is 8.41. The smallest absolute Gasteiger partial charge is 1.00 e. The van der Waals surface area contributed by atoms with Crippen LogP contribution in [0.1, 0.15) is 41.0 Å². The van der Waals surface area contributed by atoms with Crippen LogP contribution in [-0.2, 0) is 4.74 Å². The summed E-state index contributed by atoms with van der Waals surface area (Å²) in [6, 6.07) is 0. The molecule has 0 aliphatic rings. The van der Waals surface area contributed by atoms with Crippen molar-refractivity contribution in [2.75, 3.05) is 13.2 Å². The number of hydrogen-bond acceptors (Lipinski definition) is 1. The minimum Gasteiger partial charge on any atom is -1.00 e. The van der Waals surface area contributed by atoms with E-state index in [0.29, 0.717) is 0 Å². The van der Waals surface area contributed by atoms with Gasteiger partial charge in [0.15, 0.2) is 0 Å². The molecule has 0 rings (SSSR count). The topological polar surface area (TPSA) is 9.23 Å². The summed E-state index contributed by atoms with van der Waals surface area (Å²) in [4.78, 5) is 0. The fourth-order valence-electron chi connectivity index (χ4n) is 0.204. The molecule has 0 saturated carbocycles. The van der Waals surface area contributed by atoms with Crippen LogP contribution >= 0.6 is 0 Å². The summed E-state index contributed by atoms with van der Waals surface area (Å²) >= 11 is 0. The van der Waals surface area contributed by atoms with Crippen molar-refractivity contribution in [3.8, 4) is 0 Å². The Kier molecular flexibility index (Phi) is 43.7. The van der Waals surface area contributed by atoms with Gasteiger partial charge in [0.05, 0.1) is 0 Å². The van der Waals surface area contributed by atoms with E-state index in [1.54, 1.807) is 0 Å². The maximum atomic E-state index is 4.83. The molecule has 0 aromatic heterocycles. The third-order valence-corrected chi connectivity index (χ3v) is 1.12. The van der Waals surface area contributed by atoms with E-state index < -0.39 is 0 Å². The number of hydrogen-bond donors (Lipinski definition) is 0. The first-order valence-electron chi connectivity index (χ1n) is 4.05. The van der Waals surface area contributed by atoms with E-state index in [1.165, 1.54) is 12.3 Å². The Morgan fingerprint density at radius 1 is 1.00 bits per heavy atom. The van der Waals surface area contributed by atoms with E-state index in [9.17, 15) is 0 Å². The summed E-state index contributed by atoms with van der Waals surface area (Å²) in [6.07, 6.45) is 1.22. The summed E-state index contributed by atoms with van der Waals surface area (Å²) in [6.45, 7) is 12.1. The standard InChI is InChI=1S/C5H11.C4H10O.ClH.Mg/c1-4-5(2)3;1-3-5-4-2;;/h4H2,1-3H3;3-4H2,1-2H3;1H;/q-1;;;+2/p-1.